The Kier molecular flexibility index (Phi) is 7.10. The summed E-state index contributed by atoms with van der Waals surface area (Å²) in [6.07, 6.45) is 2.95. The molecular weight excluding hydrogens is 413 g/mol. The van der Waals surface area contributed by atoms with Crippen LogP contribution in [-0.4, -0.2) is 41.7 Å². The van der Waals surface area contributed by atoms with Gasteiger partial charge in [0.15, 0.2) is 0 Å². The van der Waals surface area contributed by atoms with Gasteiger partial charge in [-0.2, -0.15) is 0 Å². The molecule has 0 aromatic heterocycles. The molecule has 4 nitrogen and oxygen atoms in total. The smallest absolute Gasteiger partial charge is 0.123 e. The van der Waals surface area contributed by atoms with Crippen molar-refractivity contribution in [2.24, 2.45) is 5.92 Å². The van der Waals surface area contributed by atoms with E-state index in [2.05, 4.69) is 49.0 Å². The zero-order chi connectivity index (χ0) is 23.6. The number of hydrogen-bond acceptors (Lipinski definition) is 4. The first-order valence-electron chi connectivity index (χ1n) is 12.2. The van der Waals surface area contributed by atoms with Crippen LogP contribution in [0.2, 0.25) is 0 Å². The average molecular weight is 452 g/mol. The summed E-state index contributed by atoms with van der Waals surface area (Å²) in [5.74, 6) is 0.654. The molecule has 0 unspecified atom stereocenters. The van der Waals surface area contributed by atoms with Gasteiger partial charge in [0.05, 0.1) is 6.04 Å². The first-order valence-corrected chi connectivity index (χ1v) is 12.2. The Morgan fingerprint density at radius 2 is 1.97 bits per heavy atom. The Balaban J connectivity index is 1.33. The predicted molar refractivity (Wildman–Crippen MR) is 133 cm³/mol. The summed E-state index contributed by atoms with van der Waals surface area (Å²) in [6.45, 7) is 14.9. The standard InChI is InChI=1S/C28H38FN3O/c1-19(2)27(31-20(3)26-15-21-8-9-25(33)14-22(21)17-30-26)18-32-12-10-28(4,11-13-32)23-6-5-7-24(29)16-23/h5-9,14,16,19,26-27,30-31,33H,3,10-13,15,17-18H2,1-2,4H3/t26-,27-/m1/s1. The number of piperidine rings is 1. The lowest BCUT2D eigenvalue weighted by Gasteiger charge is -2.42. The summed E-state index contributed by atoms with van der Waals surface area (Å²) in [6, 6.07) is 13.3. The highest BCUT2D eigenvalue weighted by Gasteiger charge is 2.33. The van der Waals surface area contributed by atoms with E-state index in [4.69, 9.17) is 0 Å². The second-order valence-electron chi connectivity index (χ2n) is 10.5. The molecule has 0 saturated carbocycles. The van der Waals surface area contributed by atoms with Crippen molar-refractivity contribution >= 4 is 0 Å². The number of hydrogen-bond donors (Lipinski definition) is 3. The third kappa shape index (κ3) is 5.59. The van der Waals surface area contributed by atoms with Crippen LogP contribution in [0.1, 0.15) is 50.3 Å². The molecule has 0 aliphatic carbocycles. The summed E-state index contributed by atoms with van der Waals surface area (Å²) in [5, 5.41) is 17.0. The quantitative estimate of drug-likeness (QED) is 0.570. The highest BCUT2D eigenvalue weighted by atomic mass is 19.1. The summed E-state index contributed by atoms with van der Waals surface area (Å²) in [7, 11) is 0. The van der Waals surface area contributed by atoms with E-state index in [9.17, 15) is 9.50 Å². The van der Waals surface area contributed by atoms with Gasteiger partial charge in [-0.15, -0.1) is 0 Å². The molecule has 4 rings (SSSR count). The highest BCUT2D eigenvalue weighted by Crippen LogP contribution is 2.35. The zero-order valence-electron chi connectivity index (χ0n) is 20.2. The average Bonchev–Trinajstić information content (AvgIpc) is 2.79. The monoisotopic (exact) mass is 451 g/mol. The van der Waals surface area contributed by atoms with Crippen molar-refractivity contribution in [3.8, 4) is 5.75 Å². The lowest BCUT2D eigenvalue weighted by atomic mass is 9.74. The molecule has 2 atom stereocenters. The van der Waals surface area contributed by atoms with Crippen LogP contribution in [0.25, 0.3) is 0 Å². The van der Waals surface area contributed by atoms with Gasteiger partial charge in [0, 0.05) is 24.8 Å². The van der Waals surface area contributed by atoms with E-state index in [1.54, 1.807) is 12.1 Å². The SMILES string of the molecule is C=C(N[C@H](CN1CCC(C)(c2cccc(F)c2)CC1)C(C)C)[C@H]1Cc2ccc(O)cc2CN1. The van der Waals surface area contributed by atoms with Gasteiger partial charge in [-0.3, -0.25) is 0 Å². The van der Waals surface area contributed by atoms with Crippen LogP contribution < -0.4 is 10.6 Å². The van der Waals surface area contributed by atoms with Gasteiger partial charge in [0.1, 0.15) is 11.6 Å². The second kappa shape index (κ2) is 9.86. The van der Waals surface area contributed by atoms with Crippen LogP contribution in [0.5, 0.6) is 5.75 Å². The molecule has 1 fully saturated rings. The Labute approximate surface area is 197 Å². The van der Waals surface area contributed by atoms with Crippen molar-refractivity contribution in [3.05, 3.63) is 77.2 Å². The summed E-state index contributed by atoms with van der Waals surface area (Å²) in [5.41, 5.74) is 4.62. The lowest BCUT2D eigenvalue weighted by molar-refractivity contribution is 0.146. The fourth-order valence-electron chi connectivity index (χ4n) is 5.17. The molecule has 2 aliphatic rings. The molecule has 2 heterocycles. The molecule has 1 saturated heterocycles. The van der Waals surface area contributed by atoms with E-state index < -0.39 is 0 Å². The van der Waals surface area contributed by atoms with E-state index in [1.807, 2.05) is 18.2 Å². The van der Waals surface area contributed by atoms with Crippen LogP contribution in [-0.2, 0) is 18.4 Å². The van der Waals surface area contributed by atoms with Gasteiger partial charge < -0.3 is 20.6 Å². The number of phenols is 1. The van der Waals surface area contributed by atoms with E-state index in [0.717, 1.165) is 62.3 Å². The minimum Gasteiger partial charge on any atom is -0.508 e. The Hall–Kier alpha value is -2.37. The number of nitrogens with zero attached hydrogens (tertiary/aromatic N) is 1. The minimum absolute atomic E-state index is 0.0385. The van der Waals surface area contributed by atoms with Crippen LogP contribution in [0.15, 0.2) is 54.7 Å². The molecule has 0 bridgehead atoms. The van der Waals surface area contributed by atoms with Crippen molar-refractivity contribution < 1.29 is 9.50 Å². The number of halogens is 1. The minimum atomic E-state index is -0.144. The van der Waals surface area contributed by atoms with E-state index in [1.165, 1.54) is 11.6 Å². The number of fused-ring (bicyclic) bond motifs is 1. The van der Waals surface area contributed by atoms with Crippen molar-refractivity contribution in [3.63, 3.8) is 0 Å². The number of benzene rings is 2. The zero-order valence-corrected chi connectivity index (χ0v) is 20.2. The largest absolute Gasteiger partial charge is 0.508 e. The number of phenolic OH excluding ortho intramolecular Hbond substituents is 1. The fraction of sp³-hybridized carbons (Fsp3) is 0.500. The maximum absolute atomic E-state index is 13.8. The molecule has 0 radical (unpaired) electrons. The molecule has 178 valence electrons. The van der Waals surface area contributed by atoms with Crippen LogP contribution in [0.3, 0.4) is 0 Å². The Morgan fingerprint density at radius 3 is 2.67 bits per heavy atom. The van der Waals surface area contributed by atoms with Gasteiger partial charge >= 0.3 is 0 Å². The topological polar surface area (TPSA) is 47.5 Å². The van der Waals surface area contributed by atoms with Crippen molar-refractivity contribution in [1.82, 2.24) is 15.5 Å². The highest BCUT2D eigenvalue weighted by molar-refractivity contribution is 5.38. The number of nitrogens with one attached hydrogen (secondary N) is 2. The van der Waals surface area contributed by atoms with Crippen molar-refractivity contribution in [2.75, 3.05) is 19.6 Å². The van der Waals surface area contributed by atoms with E-state index in [-0.39, 0.29) is 17.3 Å². The van der Waals surface area contributed by atoms with E-state index in [0.29, 0.717) is 17.7 Å². The first-order chi connectivity index (χ1) is 15.7. The summed E-state index contributed by atoms with van der Waals surface area (Å²) >= 11 is 0. The Bertz CT molecular complexity index is 981. The number of aromatic hydroxyl groups is 1. The third-order valence-corrected chi connectivity index (χ3v) is 7.69. The molecular formula is C28H38FN3O. The van der Waals surface area contributed by atoms with Gasteiger partial charge in [-0.25, -0.2) is 4.39 Å². The van der Waals surface area contributed by atoms with E-state index >= 15 is 0 Å². The van der Waals surface area contributed by atoms with Crippen LogP contribution in [0, 0.1) is 11.7 Å². The second-order valence-corrected chi connectivity index (χ2v) is 10.5. The number of rotatable bonds is 7. The van der Waals surface area contributed by atoms with Crippen LogP contribution in [0.4, 0.5) is 4.39 Å². The van der Waals surface area contributed by atoms with Crippen LogP contribution >= 0.6 is 0 Å². The maximum Gasteiger partial charge on any atom is 0.123 e. The summed E-state index contributed by atoms with van der Waals surface area (Å²) in [4.78, 5) is 2.54. The molecule has 2 aromatic rings. The maximum atomic E-state index is 13.8. The molecule has 5 heteroatoms. The van der Waals surface area contributed by atoms with Gasteiger partial charge in [0.25, 0.3) is 0 Å². The summed E-state index contributed by atoms with van der Waals surface area (Å²) < 4.78 is 13.8. The van der Waals surface area contributed by atoms with Gasteiger partial charge in [0.2, 0.25) is 0 Å². The third-order valence-electron chi connectivity index (χ3n) is 7.69. The van der Waals surface area contributed by atoms with Crippen molar-refractivity contribution in [2.45, 2.75) is 64.1 Å². The fourth-order valence-corrected chi connectivity index (χ4v) is 5.17. The molecule has 3 N–H and O–H groups in total. The first kappa shape index (κ1) is 23.8. The lowest BCUT2D eigenvalue weighted by Crippen LogP contribution is -2.51. The molecule has 2 aromatic carbocycles. The normalized spacial score (nSPS) is 21.4. The molecule has 33 heavy (non-hydrogen) atoms. The predicted octanol–water partition coefficient (Wildman–Crippen LogP) is 4.73. The van der Waals surface area contributed by atoms with Gasteiger partial charge in [-0.05, 0) is 84.6 Å². The Morgan fingerprint density at radius 1 is 1.21 bits per heavy atom. The molecule has 2 aliphatic heterocycles. The van der Waals surface area contributed by atoms with Crippen molar-refractivity contribution in [1.29, 1.82) is 0 Å². The molecule has 0 spiro atoms. The number of likely N-dealkylation sites (tertiary alicyclic amines) is 1. The molecule has 0 amide bonds. The van der Waals surface area contributed by atoms with Gasteiger partial charge in [-0.1, -0.05) is 45.5 Å².